The number of hydrogen-bond acceptors (Lipinski definition) is 4. The maximum atomic E-state index is 13.6. The van der Waals surface area contributed by atoms with Crippen molar-refractivity contribution < 1.29 is 36.2 Å². The van der Waals surface area contributed by atoms with Crippen LogP contribution in [0.2, 0.25) is 0 Å². The molecule has 1 N–H and O–H groups in total. The Morgan fingerprint density at radius 3 is 2.03 bits per heavy atom. The molecule has 0 aliphatic rings. The fraction of sp³-hybridized carbons (Fsp3) is 0.0833. The normalized spacial score (nSPS) is 11.9. The number of aromatic nitrogens is 3. The van der Waals surface area contributed by atoms with E-state index in [4.69, 9.17) is 0 Å². The molecule has 11 heteroatoms. The number of carbonyl (C=O) groups is 1. The van der Waals surface area contributed by atoms with Gasteiger partial charge in [0.05, 0.1) is 11.3 Å². The van der Waals surface area contributed by atoms with Crippen LogP contribution in [0.1, 0.15) is 21.7 Å². The summed E-state index contributed by atoms with van der Waals surface area (Å²) in [6.07, 6.45) is -8.78. The molecule has 0 aliphatic heterocycles. The van der Waals surface area contributed by atoms with E-state index in [1.54, 1.807) is 18.2 Å². The minimum Gasteiger partial charge on any atom is -0.478 e. The summed E-state index contributed by atoms with van der Waals surface area (Å²) in [5, 5.41) is 9.45. The molecule has 5 nitrogen and oxygen atoms in total. The SMILES string of the molecule is O=C(O)c1ccccc1-c1cccc(-c2nc(-c3ccc(C(F)(F)F)nc3)cc(C(F)(F)F)n2)c1. The molecule has 2 aromatic heterocycles. The third-order valence-electron chi connectivity index (χ3n) is 4.96. The molecule has 178 valence electrons. The highest BCUT2D eigenvalue weighted by Gasteiger charge is 2.35. The van der Waals surface area contributed by atoms with Crippen molar-refractivity contribution in [1.29, 1.82) is 0 Å². The zero-order valence-corrected chi connectivity index (χ0v) is 17.4. The van der Waals surface area contributed by atoms with Crippen molar-refractivity contribution in [3.05, 3.63) is 89.9 Å². The quantitative estimate of drug-likeness (QED) is 0.327. The largest absolute Gasteiger partial charge is 0.478 e. The smallest absolute Gasteiger partial charge is 0.433 e. The first kappa shape index (κ1) is 23.9. The van der Waals surface area contributed by atoms with Gasteiger partial charge >= 0.3 is 18.3 Å². The van der Waals surface area contributed by atoms with E-state index >= 15 is 0 Å². The number of carboxylic acids is 1. The Labute approximate surface area is 193 Å². The molecule has 4 rings (SSSR count). The first-order valence-corrected chi connectivity index (χ1v) is 9.86. The summed E-state index contributed by atoms with van der Waals surface area (Å²) < 4.78 is 79.1. The van der Waals surface area contributed by atoms with Gasteiger partial charge in [-0.25, -0.2) is 14.8 Å². The van der Waals surface area contributed by atoms with E-state index in [1.165, 1.54) is 30.3 Å². The second-order valence-corrected chi connectivity index (χ2v) is 7.32. The van der Waals surface area contributed by atoms with E-state index in [9.17, 15) is 36.2 Å². The third kappa shape index (κ3) is 5.13. The van der Waals surface area contributed by atoms with Crippen molar-refractivity contribution in [1.82, 2.24) is 15.0 Å². The van der Waals surface area contributed by atoms with Gasteiger partial charge in [-0.15, -0.1) is 0 Å². The summed E-state index contributed by atoms with van der Waals surface area (Å²) >= 11 is 0. The molecule has 2 heterocycles. The first-order chi connectivity index (χ1) is 16.4. The summed E-state index contributed by atoms with van der Waals surface area (Å²) in [5.41, 5.74) is -1.97. The average Bonchev–Trinajstić information content (AvgIpc) is 2.83. The van der Waals surface area contributed by atoms with Gasteiger partial charge in [0.15, 0.2) is 5.82 Å². The van der Waals surface area contributed by atoms with Gasteiger partial charge in [-0.3, -0.25) is 4.98 Å². The summed E-state index contributed by atoms with van der Waals surface area (Å²) in [6, 6.07) is 14.3. The topological polar surface area (TPSA) is 76.0 Å². The number of hydrogen-bond donors (Lipinski definition) is 1. The highest BCUT2D eigenvalue weighted by atomic mass is 19.4. The molecule has 0 saturated carbocycles. The summed E-state index contributed by atoms with van der Waals surface area (Å²) in [5.74, 6) is -1.53. The molecule has 0 fully saturated rings. The van der Waals surface area contributed by atoms with Gasteiger partial charge < -0.3 is 5.11 Å². The van der Waals surface area contributed by atoms with Crippen molar-refractivity contribution in [3.63, 3.8) is 0 Å². The maximum Gasteiger partial charge on any atom is 0.433 e. The van der Waals surface area contributed by atoms with Crippen molar-refractivity contribution >= 4 is 5.97 Å². The molecular formula is C24H13F6N3O2. The Hall–Kier alpha value is -4.28. The number of aromatic carboxylic acids is 1. The lowest BCUT2D eigenvalue weighted by molar-refractivity contribution is -0.141. The van der Waals surface area contributed by atoms with Gasteiger partial charge in [0.25, 0.3) is 0 Å². The Kier molecular flexibility index (Phi) is 6.01. The third-order valence-corrected chi connectivity index (χ3v) is 4.96. The Morgan fingerprint density at radius 2 is 1.40 bits per heavy atom. The number of pyridine rings is 1. The van der Waals surface area contributed by atoms with Crippen LogP contribution in [0.25, 0.3) is 33.8 Å². The number of rotatable bonds is 4. The molecule has 0 saturated heterocycles. The predicted octanol–water partition coefficient (Wildman–Crippen LogP) is 6.61. The van der Waals surface area contributed by atoms with Gasteiger partial charge in [-0.2, -0.15) is 26.3 Å². The van der Waals surface area contributed by atoms with Crippen molar-refractivity contribution in [2.24, 2.45) is 0 Å². The Balaban J connectivity index is 1.84. The van der Waals surface area contributed by atoms with Gasteiger partial charge in [0, 0.05) is 17.3 Å². The van der Waals surface area contributed by atoms with E-state index in [2.05, 4.69) is 15.0 Å². The molecule has 0 amide bonds. The van der Waals surface area contributed by atoms with E-state index in [-0.39, 0.29) is 28.2 Å². The summed E-state index contributed by atoms with van der Waals surface area (Å²) in [4.78, 5) is 22.6. The highest BCUT2D eigenvalue weighted by Crippen LogP contribution is 2.34. The van der Waals surface area contributed by atoms with Gasteiger partial charge in [-0.05, 0) is 41.5 Å². The fourth-order valence-electron chi connectivity index (χ4n) is 3.33. The van der Waals surface area contributed by atoms with Crippen LogP contribution >= 0.6 is 0 Å². The van der Waals surface area contributed by atoms with Gasteiger partial charge in [0.2, 0.25) is 0 Å². The van der Waals surface area contributed by atoms with E-state index in [0.717, 1.165) is 12.3 Å². The lowest BCUT2D eigenvalue weighted by Gasteiger charge is -2.12. The van der Waals surface area contributed by atoms with Crippen molar-refractivity contribution in [2.45, 2.75) is 12.4 Å². The second-order valence-electron chi connectivity index (χ2n) is 7.32. The van der Waals surface area contributed by atoms with Gasteiger partial charge in [0.1, 0.15) is 11.4 Å². The highest BCUT2D eigenvalue weighted by molar-refractivity contribution is 5.96. The molecule has 4 aromatic rings. The number of alkyl halides is 6. The average molecular weight is 489 g/mol. The number of nitrogens with zero attached hydrogens (tertiary/aromatic N) is 3. The summed E-state index contributed by atoms with van der Waals surface area (Å²) in [7, 11) is 0. The van der Waals surface area contributed by atoms with Gasteiger partial charge in [-0.1, -0.05) is 36.4 Å². The van der Waals surface area contributed by atoms with Crippen LogP contribution in [0.4, 0.5) is 26.3 Å². The molecule has 0 atom stereocenters. The van der Waals surface area contributed by atoms with Crippen LogP contribution in [-0.4, -0.2) is 26.0 Å². The second kappa shape index (κ2) is 8.82. The standard InChI is InChI=1S/C24H13F6N3O2/c25-23(26,27)19-9-8-15(12-31-19)18-11-20(24(28,29)30)33-21(32-18)14-5-3-4-13(10-14)16-6-1-2-7-17(16)22(34)35/h1-12H,(H,34,35). The molecule has 2 aromatic carbocycles. The van der Waals surface area contributed by atoms with Crippen LogP contribution in [-0.2, 0) is 12.4 Å². The summed E-state index contributed by atoms with van der Waals surface area (Å²) in [6.45, 7) is 0. The van der Waals surface area contributed by atoms with E-state index in [1.807, 2.05) is 0 Å². The van der Waals surface area contributed by atoms with Crippen molar-refractivity contribution in [2.75, 3.05) is 0 Å². The van der Waals surface area contributed by atoms with Crippen molar-refractivity contribution in [3.8, 4) is 33.8 Å². The lowest BCUT2D eigenvalue weighted by Crippen LogP contribution is -2.11. The van der Waals surface area contributed by atoms with Crippen LogP contribution in [0, 0.1) is 0 Å². The number of halogens is 6. The molecular weight excluding hydrogens is 476 g/mol. The van der Waals surface area contributed by atoms with Crippen LogP contribution in [0.3, 0.4) is 0 Å². The Bertz CT molecular complexity index is 1400. The molecule has 0 unspecified atom stereocenters. The zero-order chi connectivity index (χ0) is 25.4. The minimum absolute atomic E-state index is 0.00821. The zero-order valence-electron chi connectivity index (χ0n) is 17.4. The van der Waals surface area contributed by atoms with Crippen LogP contribution in [0.5, 0.6) is 0 Å². The minimum atomic E-state index is -4.86. The van der Waals surface area contributed by atoms with E-state index in [0.29, 0.717) is 23.3 Å². The molecule has 0 spiro atoms. The molecule has 0 bridgehead atoms. The monoisotopic (exact) mass is 489 g/mol. The Morgan fingerprint density at radius 1 is 0.714 bits per heavy atom. The predicted molar refractivity (Wildman–Crippen MR) is 113 cm³/mol. The fourth-order valence-corrected chi connectivity index (χ4v) is 3.33. The van der Waals surface area contributed by atoms with Crippen LogP contribution in [0.15, 0.2) is 72.9 Å². The van der Waals surface area contributed by atoms with E-state index < -0.39 is 29.7 Å². The maximum absolute atomic E-state index is 13.6. The lowest BCUT2D eigenvalue weighted by atomic mass is 9.98. The molecule has 0 aliphatic carbocycles. The molecule has 0 radical (unpaired) electrons. The number of carboxylic acid groups (broad SMARTS) is 1. The number of benzene rings is 2. The molecule has 35 heavy (non-hydrogen) atoms. The first-order valence-electron chi connectivity index (χ1n) is 9.86. The van der Waals surface area contributed by atoms with Crippen LogP contribution < -0.4 is 0 Å².